The van der Waals surface area contributed by atoms with Crippen LogP contribution in [0.5, 0.6) is 0 Å². The molecular weight excluding hydrogens is 284 g/mol. The molecule has 0 aliphatic heterocycles. The second-order valence-corrected chi connectivity index (χ2v) is 5.75. The van der Waals surface area contributed by atoms with Gasteiger partial charge in [0.2, 0.25) is 0 Å². The molecule has 0 unspecified atom stereocenters. The first-order valence-electron chi connectivity index (χ1n) is 6.76. The van der Waals surface area contributed by atoms with E-state index >= 15 is 0 Å². The number of ether oxygens (including phenoxy) is 2. The van der Waals surface area contributed by atoms with Gasteiger partial charge in [0, 0.05) is 17.3 Å². The first-order chi connectivity index (χ1) is 10.3. The number of aromatic nitrogens is 1. The monoisotopic (exact) mass is 302 g/mol. The number of hydrogen-bond acceptors (Lipinski definition) is 5. The van der Waals surface area contributed by atoms with E-state index in [1.807, 2.05) is 0 Å². The van der Waals surface area contributed by atoms with Crippen LogP contribution < -0.4 is 5.32 Å². The molecule has 6 heteroatoms. The van der Waals surface area contributed by atoms with E-state index in [0.29, 0.717) is 16.8 Å². The molecule has 2 rings (SSSR count). The summed E-state index contributed by atoms with van der Waals surface area (Å²) in [5.41, 5.74) is 1.04. The van der Waals surface area contributed by atoms with Crippen LogP contribution in [0, 0.1) is 0 Å². The van der Waals surface area contributed by atoms with Crippen LogP contribution in [-0.2, 0) is 9.47 Å². The molecule has 116 valence electrons. The predicted octanol–water partition coefficient (Wildman–Crippen LogP) is 3.37. The highest BCUT2D eigenvalue weighted by molar-refractivity contribution is 5.95. The Kier molecular flexibility index (Phi) is 4.30. The van der Waals surface area contributed by atoms with Gasteiger partial charge in [-0.15, -0.1) is 0 Å². The van der Waals surface area contributed by atoms with Crippen LogP contribution >= 0.6 is 0 Å². The number of carbonyl (C=O) groups is 2. The van der Waals surface area contributed by atoms with Crippen LogP contribution in [0.4, 0.5) is 10.5 Å². The predicted molar refractivity (Wildman–Crippen MR) is 82.9 cm³/mol. The lowest BCUT2D eigenvalue weighted by molar-refractivity contribution is 0.0598. The number of fused-ring (bicyclic) bond motifs is 1. The van der Waals surface area contributed by atoms with E-state index in [2.05, 4.69) is 15.0 Å². The second kappa shape index (κ2) is 6.01. The minimum Gasteiger partial charge on any atom is -0.465 e. The van der Waals surface area contributed by atoms with Gasteiger partial charge in [0.15, 0.2) is 0 Å². The molecule has 1 N–H and O–H groups in total. The number of rotatable bonds is 2. The van der Waals surface area contributed by atoms with Crippen molar-refractivity contribution in [3.05, 3.63) is 36.0 Å². The van der Waals surface area contributed by atoms with E-state index in [1.165, 1.54) is 13.3 Å². The van der Waals surface area contributed by atoms with Crippen molar-refractivity contribution in [1.29, 1.82) is 0 Å². The molecule has 6 nitrogen and oxygen atoms in total. The number of methoxy groups -OCH3 is 1. The summed E-state index contributed by atoms with van der Waals surface area (Å²) in [5, 5.41) is 3.42. The van der Waals surface area contributed by atoms with Gasteiger partial charge in [-0.3, -0.25) is 10.3 Å². The third-order valence-electron chi connectivity index (χ3n) is 2.75. The summed E-state index contributed by atoms with van der Waals surface area (Å²) in [6.07, 6.45) is 0.906. The third-order valence-corrected chi connectivity index (χ3v) is 2.75. The number of hydrogen-bond donors (Lipinski definition) is 1. The number of carbonyl (C=O) groups excluding carboxylic acids is 2. The summed E-state index contributed by atoms with van der Waals surface area (Å²) in [5.74, 6) is -0.439. The van der Waals surface area contributed by atoms with Gasteiger partial charge in [-0.05, 0) is 39.0 Å². The highest BCUT2D eigenvalue weighted by atomic mass is 16.6. The Morgan fingerprint density at radius 3 is 2.55 bits per heavy atom. The van der Waals surface area contributed by atoms with Gasteiger partial charge in [-0.1, -0.05) is 6.07 Å². The van der Waals surface area contributed by atoms with Crippen molar-refractivity contribution in [2.75, 3.05) is 12.4 Å². The van der Waals surface area contributed by atoms with Crippen molar-refractivity contribution in [1.82, 2.24) is 4.98 Å². The summed E-state index contributed by atoms with van der Waals surface area (Å²) in [4.78, 5) is 27.4. The van der Waals surface area contributed by atoms with Gasteiger partial charge in [0.1, 0.15) is 5.60 Å². The zero-order chi connectivity index (χ0) is 16.3. The molecule has 0 bridgehead atoms. The molecular formula is C16H18N2O4. The first-order valence-corrected chi connectivity index (χ1v) is 6.76. The van der Waals surface area contributed by atoms with E-state index in [9.17, 15) is 9.59 Å². The van der Waals surface area contributed by atoms with Gasteiger partial charge in [-0.25, -0.2) is 9.59 Å². The molecule has 1 heterocycles. The summed E-state index contributed by atoms with van der Waals surface area (Å²) in [6, 6.07) is 6.88. The minimum absolute atomic E-state index is 0.378. The molecule has 0 saturated heterocycles. The Balaban J connectivity index is 2.21. The molecule has 0 aliphatic rings. The molecule has 22 heavy (non-hydrogen) atoms. The Hall–Kier alpha value is -2.63. The summed E-state index contributed by atoms with van der Waals surface area (Å²) >= 11 is 0. The number of nitrogens with one attached hydrogen (secondary N) is 1. The number of pyridine rings is 1. The average Bonchev–Trinajstić information content (AvgIpc) is 2.43. The Morgan fingerprint density at radius 1 is 1.18 bits per heavy atom. The fourth-order valence-electron chi connectivity index (χ4n) is 1.85. The zero-order valence-corrected chi connectivity index (χ0v) is 13.0. The first kappa shape index (κ1) is 15.8. The number of benzene rings is 1. The summed E-state index contributed by atoms with van der Waals surface area (Å²) in [6.45, 7) is 5.38. The van der Waals surface area contributed by atoms with Gasteiger partial charge in [-0.2, -0.15) is 0 Å². The molecule has 2 aromatic rings. The lowest BCUT2D eigenvalue weighted by Crippen LogP contribution is -2.27. The molecule has 1 aromatic carbocycles. The Labute approximate surface area is 128 Å². The number of anilines is 1. The van der Waals surface area contributed by atoms with Crippen molar-refractivity contribution in [3.8, 4) is 0 Å². The van der Waals surface area contributed by atoms with E-state index in [0.717, 1.165) is 5.39 Å². The number of esters is 1. The van der Waals surface area contributed by atoms with Crippen LogP contribution in [0.25, 0.3) is 10.9 Å². The average molecular weight is 302 g/mol. The molecule has 0 spiro atoms. The van der Waals surface area contributed by atoms with Crippen LogP contribution in [0.3, 0.4) is 0 Å². The Morgan fingerprint density at radius 2 is 1.91 bits per heavy atom. The van der Waals surface area contributed by atoms with E-state index in [4.69, 9.17) is 4.74 Å². The molecule has 0 fully saturated rings. The SMILES string of the molecule is COC(=O)c1cnc2cc(NC(=O)OC(C)(C)C)ccc2c1. The standard InChI is InChI=1S/C16H18N2O4/c1-16(2,3)22-15(20)18-12-6-5-10-7-11(14(19)21-4)9-17-13(10)8-12/h5-9H,1-4H3,(H,18,20). The molecule has 1 aromatic heterocycles. The van der Waals surface area contributed by atoms with Crippen LogP contribution in [-0.4, -0.2) is 29.8 Å². The van der Waals surface area contributed by atoms with E-state index in [-0.39, 0.29) is 0 Å². The minimum atomic E-state index is -0.561. The van der Waals surface area contributed by atoms with Crippen molar-refractivity contribution >= 4 is 28.7 Å². The summed E-state index contributed by atoms with van der Waals surface area (Å²) < 4.78 is 9.84. The third kappa shape index (κ3) is 3.94. The smallest absolute Gasteiger partial charge is 0.412 e. The van der Waals surface area contributed by atoms with Gasteiger partial charge < -0.3 is 9.47 Å². The normalized spacial score (nSPS) is 11.1. The maximum absolute atomic E-state index is 11.7. The maximum atomic E-state index is 11.7. The fourth-order valence-corrected chi connectivity index (χ4v) is 1.85. The molecule has 0 atom stereocenters. The highest BCUT2D eigenvalue weighted by Crippen LogP contribution is 2.19. The fraction of sp³-hybridized carbons (Fsp3) is 0.312. The molecule has 0 radical (unpaired) electrons. The van der Waals surface area contributed by atoms with Crippen LogP contribution in [0.15, 0.2) is 30.5 Å². The van der Waals surface area contributed by atoms with E-state index < -0.39 is 17.7 Å². The van der Waals surface area contributed by atoms with Crippen LogP contribution in [0.2, 0.25) is 0 Å². The molecule has 0 saturated carbocycles. The van der Waals surface area contributed by atoms with Gasteiger partial charge >= 0.3 is 12.1 Å². The lowest BCUT2D eigenvalue weighted by Gasteiger charge is -2.19. The summed E-state index contributed by atoms with van der Waals surface area (Å²) in [7, 11) is 1.32. The van der Waals surface area contributed by atoms with Crippen molar-refractivity contribution in [2.45, 2.75) is 26.4 Å². The van der Waals surface area contributed by atoms with Crippen molar-refractivity contribution in [2.24, 2.45) is 0 Å². The van der Waals surface area contributed by atoms with Crippen molar-refractivity contribution in [3.63, 3.8) is 0 Å². The van der Waals surface area contributed by atoms with Gasteiger partial charge in [0.25, 0.3) is 0 Å². The zero-order valence-electron chi connectivity index (χ0n) is 13.0. The highest BCUT2D eigenvalue weighted by Gasteiger charge is 2.16. The Bertz CT molecular complexity index is 720. The largest absolute Gasteiger partial charge is 0.465 e. The maximum Gasteiger partial charge on any atom is 0.412 e. The van der Waals surface area contributed by atoms with E-state index in [1.54, 1.807) is 45.0 Å². The molecule has 0 aliphatic carbocycles. The topological polar surface area (TPSA) is 77.5 Å². The van der Waals surface area contributed by atoms with Crippen LogP contribution in [0.1, 0.15) is 31.1 Å². The number of nitrogens with zero attached hydrogens (tertiary/aromatic N) is 1. The molecule has 1 amide bonds. The van der Waals surface area contributed by atoms with Gasteiger partial charge in [0.05, 0.1) is 18.2 Å². The quantitative estimate of drug-likeness (QED) is 0.861. The second-order valence-electron chi connectivity index (χ2n) is 5.75. The lowest BCUT2D eigenvalue weighted by atomic mass is 10.1. The number of amides is 1. The van der Waals surface area contributed by atoms with Crippen molar-refractivity contribution < 1.29 is 19.1 Å².